The molecule has 0 bridgehead atoms. The molecule has 0 aromatic heterocycles. The molecular weight excluding hydrogens is 244 g/mol. The highest BCUT2D eigenvalue weighted by molar-refractivity contribution is 6.32. The maximum absolute atomic E-state index is 10.5. The monoisotopic (exact) mass is 256 g/mol. The first kappa shape index (κ1) is 13.5. The number of unbranched alkanes of at least 4 members (excludes halogenated alkanes) is 1. The van der Waals surface area contributed by atoms with Crippen LogP contribution in [0.2, 0.25) is 5.02 Å². The third-order valence-corrected chi connectivity index (χ3v) is 2.43. The van der Waals surface area contributed by atoms with Crippen molar-refractivity contribution in [1.82, 2.24) is 0 Å². The Morgan fingerprint density at radius 3 is 2.76 bits per heavy atom. The summed E-state index contributed by atoms with van der Waals surface area (Å²) in [5, 5.41) is 8.82. The molecule has 1 aromatic carbocycles. The smallest absolute Gasteiger partial charge is 0.303 e. The highest BCUT2D eigenvalue weighted by Gasteiger charge is 2.03. The minimum atomic E-state index is -0.807. The number of ether oxygens (including phenoxy) is 1. The maximum atomic E-state index is 10.5. The average molecular weight is 257 g/mol. The molecule has 1 aromatic rings. The molecule has 0 heterocycles. The van der Waals surface area contributed by atoms with E-state index < -0.39 is 5.97 Å². The molecule has 0 aliphatic carbocycles. The zero-order valence-corrected chi connectivity index (χ0v) is 9.94. The largest absolute Gasteiger partial charge is 0.492 e. The number of carboxylic acid groups (broad SMARTS) is 1. The van der Waals surface area contributed by atoms with E-state index in [2.05, 4.69) is 0 Å². The van der Waals surface area contributed by atoms with Crippen LogP contribution in [0.25, 0.3) is 0 Å². The predicted molar refractivity (Wildman–Crippen MR) is 63.8 cm³/mol. The van der Waals surface area contributed by atoms with Crippen LogP contribution in [0.3, 0.4) is 0 Å². The molecule has 1 rings (SSSR count). The highest BCUT2D eigenvalue weighted by Crippen LogP contribution is 2.25. The van der Waals surface area contributed by atoms with E-state index in [1.165, 1.54) is 6.07 Å². The van der Waals surface area contributed by atoms with Crippen LogP contribution in [0, 0.1) is 0 Å². The molecular formula is C12H13ClO4. The van der Waals surface area contributed by atoms with Gasteiger partial charge >= 0.3 is 5.97 Å². The van der Waals surface area contributed by atoms with E-state index >= 15 is 0 Å². The molecule has 1 N–H and O–H groups in total. The Kier molecular flexibility index (Phi) is 5.49. The Hall–Kier alpha value is -1.55. The van der Waals surface area contributed by atoms with Crippen molar-refractivity contribution in [1.29, 1.82) is 0 Å². The van der Waals surface area contributed by atoms with Gasteiger partial charge in [0.25, 0.3) is 0 Å². The number of hydrogen-bond acceptors (Lipinski definition) is 3. The zero-order chi connectivity index (χ0) is 12.7. The molecule has 17 heavy (non-hydrogen) atoms. The molecule has 0 saturated carbocycles. The summed E-state index contributed by atoms with van der Waals surface area (Å²) in [6.07, 6.45) is 2.07. The number of aldehydes is 1. The van der Waals surface area contributed by atoms with E-state index in [0.717, 1.165) is 0 Å². The van der Waals surface area contributed by atoms with Crippen LogP contribution in [0.4, 0.5) is 0 Å². The predicted octanol–water partition coefficient (Wildman–Crippen LogP) is 2.79. The fourth-order valence-electron chi connectivity index (χ4n) is 1.27. The van der Waals surface area contributed by atoms with Crippen LogP contribution in [0.15, 0.2) is 18.2 Å². The number of hydrogen-bond donors (Lipinski definition) is 1. The van der Waals surface area contributed by atoms with Gasteiger partial charge in [0.15, 0.2) is 0 Å². The van der Waals surface area contributed by atoms with Crippen molar-refractivity contribution >= 4 is 23.9 Å². The minimum absolute atomic E-state index is 0.140. The lowest BCUT2D eigenvalue weighted by atomic mass is 10.2. The summed E-state index contributed by atoms with van der Waals surface area (Å²) in [5.74, 6) is -0.300. The fourth-order valence-corrected chi connectivity index (χ4v) is 1.51. The lowest BCUT2D eigenvalue weighted by molar-refractivity contribution is -0.137. The van der Waals surface area contributed by atoms with Crippen molar-refractivity contribution in [2.45, 2.75) is 19.3 Å². The summed E-state index contributed by atoms with van der Waals surface area (Å²) < 4.78 is 5.38. The van der Waals surface area contributed by atoms with Crippen molar-refractivity contribution in [3.8, 4) is 5.75 Å². The third-order valence-electron chi connectivity index (χ3n) is 2.13. The maximum Gasteiger partial charge on any atom is 0.303 e. The van der Waals surface area contributed by atoms with Gasteiger partial charge in [-0.25, -0.2) is 0 Å². The molecule has 0 radical (unpaired) electrons. The van der Waals surface area contributed by atoms with Gasteiger partial charge in [-0.3, -0.25) is 9.59 Å². The summed E-state index contributed by atoms with van der Waals surface area (Å²) in [6.45, 7) is 0.410. The molecule has 0 aliphatic heterocycles. The molecule has 4 nitrogen and oxygen atoms in total. The van der Waals surface area contributed by atoms with Crippen LogP contribution < -0.4 is 4.74 Å². The lowest BCUT2D eigenvalue weighted by Crippen LogP contribution is -2.00. The standard InChI is InChI=1S/C12H13ClO4/c13-10-7-9(8-14)4-5-11(10)17-6-2-1-3-12(15)16/h4-5,7-8H,1-3,6H2,(H,15,16). The van der Waals surface area contributed by atoms with Crippen molar-refractivity contribution in [2.75, 3.05) is 6.61 Å². The first-order valence-corrected chi connectivity index (χ1v) is 5.60. The Bertz CT molecular complexity index is 403. The Morgan fingerprint density at radius 2 is 2.18 bits per heavy atom. The van der Waals surface area contributed by atoms with E-state index in [-0.39, 0.29) is 6.42 Å². The molecule has 0 amide bonds. The summed E-state index contributed by atoms with van der Waals surface area (Å²) >= 11 is 5.89. The van der Waals surface area contributed by atoms with Gasteiger partial charge in [0.05, 0.1) is 11.6 Å². The van der Waals surface area contributed by atoms with Gasteiger partial charge in [0, 0.05) is 12.0 Å². The lowest BCUT2D eigenvalue weighted by Gasteiger charge is -2.07. The summed E-state index contributed by atoms with van der Waals surface area (Å²) in [7, 11) is 0. The second-order valence-electron chi connectivity index (χ2n) is 3.51. The van der Waals surface area contributed by atoms with Crippen molar-refractivity contribution < 1.29 is 19.4 Å². The Morgan fingerprint density at radius 1 is 1.41 bits per heavy atom. The number of carbonyl (C=O) groups excluding carboxylic acids is 1. The normalized spacial score (nSPS) is 9.94. The molecule has 0 aliphatic rings. The van der Waals surface area contributed by atoms with Gasteiger partial charge in [-0.2, -0.15) is 0 Å². The second-order valence-corrected chi connectivity index (χ2v) is 3.91. The number of aliphatic carboxylic acids is 1. The van der Waals surface area contributed by atoms with Gasteiger partial charge in [0.1, 0.15) is 12.0 Å². The van der Waals surface area contributed by atoms with Crippen LogP contribution in [-0.2, 0) is 4.79 Å². The SMILES string of the molecule is O=Cc1ccc(OCCCCC(=O)O)c(Cl)c1. The van der Waals surface area contributed by atoms with Gasteiger partial charge < -0.3 is 9.84 Å². The van der Waals surface area contributed by atoms with E-state index in [1.54, 1.807) is 12.1 Å². The number of benzene rings is 1. The van der Waals surface area contributed by atoms with Crippen molar-refractivity contribution in [3.63, 3.8) is 0 Å². The van der Waals surface area contributed by atoms with E-state index in [4.69, 9.17) is 21.4 Å². The van der Waals surface area contributed by atoms with E-state index in [9.17, 15) is 9.59 Å². The molecule has 0 spiro atoms. The molecule has 0 fully saturated rings. The first-order valence-electron chi connectivity index (χ1n) is 5.23. The molecule has 0 saturated heterocycles. The van der Waals surface area contributed by atoms with Crippen LogP contribution in [-0.4, -0.2) is 24.0 Å². The van der Waals surface area contributed by atoms with Gasteiger partial charge in [-0.1, -0.05) is 11.6 Å². The quantitative estimate of drug-likeness (QED) is 0.602. The second kappa shape index (κ2) is 6.91. The van der Waals surface area contributed by atoms with E-state index in [1.807, 2.05) is 0 Å². The van der Waals surface area contributed by atoms with Gasteiger partial charge in [-0.05, 0) is 31.0 Å². The van der Waals surface area contributed by atoms with Crippen molar-refractivity contribution in [2.24, 2.45) is 0 Å². The third kappa shape index (κ3) is 4.87. The van der Waals surface area contributed by atoms with Gasteiger partial charge in [0.2, 0.25) is 0 Å². The average Bonchev–Trinajstić information content (AvgIpc) is 2.30. The van der Waals surface area contributed by atoms with Crippen LogP contribution in [0.5, 0.6) is 5.75 Å². The van der Waals surface area contributed by atoms with E-state index in [0.29, 0.717) is 42.1 Å². The summed E-state index contributed by atoms with van der Waals surface area (Å²) in [6, 6.07) is 4.77. The molecule has 5 heteroatoms. The van der Waals surface area contributed by atoms with Crippen LogP contribution in [0.1, 0.15) is 29.6 Å². The topological polar surface area (TPSA) is 63.6 Å². The van der Waals surface area contributed by atoms with Gasteiger partial charge in [-0.15, -0.1) is 0 Å². The Labute approximate surface area is 104 Å². The van der Waals surface area contributed by atoms with Crippen molar-refractivity contribution in [3.05, 3.63) is 28.8 Å². The summed E-state index contributed by atoms with van der Waals surface area (Å²) in [4.78, 5) is 20.7. The number of carbonyl (C=O) groups is 2. The number of carboxylic acids is 1. The fraction of sp³-hybridized carbons (Fsp3) is 0.333. The van der Waals surface area contributed by atoms with Crippen LogP contribution >= 0.6 is 11.6 Å². The zero-order valence-electron chi connectivity index (χ0n) is 9.19. The number of halogens is 1. The molecule has 0 unspecified atom stereocenters. The molecule has 0 atom stereocenters. The highest BCUT2D eigenvalue weighted by atomic mass is 35.5. The first-order chi connectivity index (χ1) is 8.13. The molecule has 92 valence electrons. The number of rotatable bonds is 7. The minimum Gasteiger partial charge on any atom is -0.492 e. The Balaban J connectivity index is 2.36. The summed E-state index contributed by atoms with van der Waals surface area (Å²) in [5.41, 5.74) is 0.494.